The highest BCUT2D eigenvalue weighted by molar-refractivity contribution is 6.07. The first kappa shape index (κ1) is 27.9. The van der Waals surface area contributed by atoms with Gasteiger partial charge in [-0.25, -0.2) is 0 Å². The van der Waals surface area contributed by atoms with Crippen LogP contribution in [0, 0.1) is 6.92 Å². The standard InChI is InChI=1S/C32H36N2O3.ClH/c1-23-4-8-25(9-5-23)26-10-13-31-28(20-26)21-27(14-19-37-31)32(35)33-29-11-6-24(7-12-29)22-34(2,3)30-15-17-36-18-16-30;/h4-13,20-21,30H,14-19,22H2,1-3H3;1H. The predicted octanol–water partition coefficient (Wildman–Crippen LogP) is 3.23. The molecule has 1 fully saturated rings. The van der Waals surface area contributed by atoms with Crippen LogP contribution in [0.5, 0.6) is 5.75 Å². The lowest BCUT2D eigenvalue weighted by atomic mass is 10.00. The number of carbonyl (C=O) groups excluding carboxylic acids is 1. The summed E-state index contributed by atoms with van der Waals surface area (Å²) in [5.74, 6) is 0.733. The van der Waals surface area contributed by atoms with Gasteiger partial charge in [0.05, 0.1) is 40.0 Å². The molecular weight excluding hydrogens is 496 g/mol. The third-order valence-electron chi connectivity index (χ3n) is 7.63. The fourth-order valence-corrected chi connectivity index (χ4v) is 5.32. The minimum absolute atomic E-state index is 0. The van der Waals surface area contributed by atoms with Gasteiger partial charge in [0.15, 0.2) is 0 Å². The second-order valence-electron chi connectivity index (χ2n) is 10.8. The van der Waals surface area contributed by atoms with Gasteiger partial charge in [0.2, 0.25) is 0 Å². The molecule has 0 atom stereocenters. The first-order valence-corrected chi connectivity index (χ1v) is 13.2. The summed E-state index contributed by atoms with van der Waals surface area (Å²) in [7, 11) is 4.60. The number of hydrogen-bond donors (Lipinski definition) is 1. The molecule has 1 amide bonds. The monoisotopic (exact) mass is 532 g/mol. The summed E-state index contributed by atoms with van der Waals surface area (Å²) in [6, 6.07) is 23.5. The maximum absolute atomic E-state index is 13.2. The highest BCUT2D eigenvalue weighted by Gasteiger charge is 2.30. The Balaban J connectivity index is 0.00000336. The fraction of sp³-hybridized carbons (Fsp3) is 0.344. The molecule has 38 heavy (non-hydrogen) atoms. The maximum atomic E-state index is 13.2. The normalized spacial score (nSPS) is 15.8. The van der Waals surface area contributed by atoms with Crippen LogP contribution in [0.3, 0.4) is 0 Å². The Morgan fingerprint density at radius 3 is 2.32 bits per heavy atom. The van der Waals surface area contributed by atoms with Gasteiger partial charge in [-0.3, -0.25) is 4.79 Å². The van der Waals surface area contributed by atoms with Crippen LogP contribution in [0.2, 0.25) is 0 Å². The molecule has 0 saturated carbocycles. The van der Waals surface area contributed by atoms with Crippen LogP contribution >= 0.6 is 0 Å². The number of ether oxygens (including phenoxy) is 2. The van der Waals surface area contributed by atoms with Crippen molar-refractivity contribution in [1.82, 2.24) is 0 Å². The summed E-state index contributed by atoms with van der Waals surface area (Å²) < 4.78 is 12.5. The third-order valence-corrected chi connectivity index (χ3v) is 7.63. The quantitative estimate of drug-likeness (QED) is 0.496. The number of nitrogens with one attached hydrogen (secondary N) is 1. The van der Waals surface area contributed by atoms with Crippen molar-refractivity contribution in [1.29, 1.82) is 0 Å². The average Bonchev–Trinajstić information content (AvgIpc) is 3.13. The van der Waals surface area contributed by atoms with Gasteiger partial charge in [0, 0.05) is 41.6 Å². The molecule has 3 aromatic rings. The van der Waals surface area contributed by atoms with Gasteiger partial charge in [-0.2, -0.15) is 0 Å². The average molecular weight is 533 g/mol. The van der Waals surface area contributed by atoms with Crippen molar-refractivity contribution in [3.05, 3.63) is 89.0 Å². The molecule has 200 valence electrons. The van der Waals surface area contributed by atoms with E-state index in [-0.39, 0.29) is 18.3 Å². The first-order valence-electron chi connectivity index (χ1n) is 13.2. The van der Waals surface area contributed by atoms with Crippen LogP contribution in [0.4, 0.5) is 5.69 Å². The van der Waals surface area contributed by atoms with E-state index in [1.807, 2.05) is 24.3 Å². The molecule has 5 rings (SSSR count). The van der Waals surface area contributed by atoms with Gasteiger partial charge in [-0.15, -0.1) is 0 Å². The van der Waals surface area contributed by atoms with Crippen LogP contribution in [0.1, 0.15) is 36.0 Å². The number of anilines is 1. The zero-order chi connectivity index (χ0) is 25.8. The Hall–Kier alpha value is -3.12. The van der Waals surface area contributed by atoms with Crippen molar-refractivity contribution in [2.45, 2.75) is 38.8 Å². The molecule has 2 aliphatic heterocycles. The number of halogens is 1. The summed E-state index contributed by atoms with van der Waals surface area (Å²) in [5, 5.41) is 3.09. The number of quaternary nitrogens is 1. The van der Waals surface area contributed by atoms with Gasteiger partial charge in [0.25, 0.3) is 5.91 Å². The van der Waals surface area contributed by atoms with Gasteiger partial charge in [-0.05, 0) is 48.4 Å². The molecule has 5 nitrogen and oxygen atoms in total. The summed E-state index contributed by atoms with van der Waals surface area (Å²) in [4.78, 5) is 13.2. The van der Waals surface area contributed by atoms with Crippen molar-refractivity contribution in [3.8, 4) is 16.9 Å². The van der Waals surface area contributed by atoms with Crippen LogP contribution in [0.15, 0.2) is 72.3 Å². The van der Waals surface area contributed by atoms with Crippen molar-refractivity contribution in [3.63, 3.8) is 0 Å². The summed E-state index contributed by atoms with van der Waals surface area (Å²) in [5.41, 5.74) is 7.23. The van der Waals surface area contributed by atoms with Gasteiger partial charge in [0.1, 0.15) is 12.3 Å². The molecule has 6 heteroatoms. The lowest BCUT2D eigenvalue weighted by Crippen LogP contribution is -3.00. The van der Waals surface area contributed by atoms with E-state index in [2.05, 4.69) is 74.9 Å². The number of hydrogen-bond acceptors (Lipinski definition) is 3. The lowest BCUT2D eigenvalue weighted by Gasteiger charge is -2.40. The Labute approximate surface area is 232 Å². The van der Waals surface area contributed by atoms with Crippen molar-refractivity contribution < 1.29 is 31.2 Å². The number of carbonyl (C=O) groups is 1. The number of nitrogens with zero attached hydrogens (tertiary/aromatic N) is 1. The summed E-state index contributed by atoms with van der Waals surface area (Å²) in [6.07, 6.45) is 4.75. The summed E-state index contributed by atoms with van der Waals surface area (Å²) >= 11 is 0. The Kier molecular flexibility index (Phi) is 8.93. The van der Waals surface area contributed by atoms with E-state index in [0.717, 1.165) is 70.8 Å². The molecular formula is C32H37ClN2O3. The molecule has 0 spiro atoms. The fourth-order valence-electron chi connectivity index (χ4n) is 5.32. The molecule has 3 aromatic carbocycles. The van der Waals surface area contributed by atoms with E-state index >= 15 is 0 Å². The minimum Gasteiger partial charge on any atom is -1.00 e. The molecule has 2 aliphatic rings. The Morgan fingerprint density at radius 2 is 1.61 bits per heavy atom. The second kappa shape index (κ2) is 12.2. The first-order chi connectivity index (χ1) is 17.9. The highest BCUT2D eigenvalue weighted by atomic mass is 35.5. The van der Waals surface area contributed by atoms with E-state index in [9.17, 15) is 4.79 Å². The zero-order valence-electron chi connectivity index (χ0n) is 22.5. The molecule has 0 bridgehead atoms. The second-order valence-corrected chi connectivity index (χ2v) is 10.8. The van der Waals surface area contributed by atoms with Gasteiger partial charge >= 0.3 is 0 Å². The largest absolute Gasteiger partial charge is 1.00 e. The van der Waals surface area contributed by atoms with Crippen LogP contribution in [-0.4, -0.2) is 50.3 Å². The molecule has 2 heterocycles. The van der Waals surface area contributed by atoms with Crippen LogP contribution in [-0.2, 0) is 16.1 Å². The molecule has 1 N–H and O–H groups in total. The molecule has 1 saturated heterocycles. The van der Waals surface area contributed by atoms with E-state index in [0.29, 0.717) is 19.1 Å². The lowest BCUT2D eigenvalue weighted by molar-refractivity contribution is -0.929. The maximum Gasteiger partial charge on any atom is 0.251 e. The van der Waals surface area contributed by atoms with E-state index in [1.54, 1.807) is 0 Å². The number of aryl methyl sites for hydroxylation is 1. The molecule has 0 aromatic heterocycles. The van der Waals surface area contributed by atoms with Crippen LogP contribution in [0.25, 0.3) is 17.2 Å². The van der Waals surface area contributed by atoms with E-state index < -0.39 is 0 Å². The zero-order valence-corrected chi connectivity index (χ0v) is 23.3. The van der Waals surface area contributed by atoms with Crippen molar-refractivity contribution in [2.24, 2.45) is 0 Å². The number of rotatable bonds is 6. The highest BCUT2D eigenvalue weighted by Crippen LogP contribution is 2.31. The number of amides is 1. The van der Waals surface area contributed by atoms with Crippen molar-refractivity contribution in [2.75, 3.05) is 39.2 Å². The topological polar surface area (TPSA) is 47.6 Å². The Bertz CT molecular complexity index is 1280. The van der Waals surface area contributed by atoms with E-state index in [4.69, 9.17) is 9.47 Å². The SMILES string of the molecule is Cc1ccc(-c2ccc3c(c2)C=C(C(=O)Nc2ccc(C[N+](C)(C)C4CCOCC4)cc2)CCO3)cc1.[Cl-]. The molecule has 0 aliphatic carbocycles. The minimum atomic E-state index is -0.0803. The van der Waals surface area contributed by atoms with E-state index in [1.165, 1.54) is 11.1 Å². The predicted molar refractivity (Wildman–Crippen MR) is 149 cm³/mol. The Morgan fingerprint density at radius 1 is 0.921 bits per heavy atom. The smallest absolute Gasteiger partial charge is 0.251 e. The number of fused-ring (bicyclic) bond motifs is 1. The molecule has 0 unspecified atom stereocenters. The van der Waals surface area contributed by atoms with Crippen molar-refractivity contribution >= 4 is 17.7 Å². The van der Waals surface area contributed by atoms with Gasteiger partial charge in [-0.1, -0.05) is 48.0 Å². The third kappa shape index (κ3) is 6.65. The number of benzene rings is 3. The summed E-state index contributed by atoms with van der Waals surface area (Å²) in [6.45, 7) is 5.24. The van der Waals surface area contributed by atoms with Gasteiger partial charge < -0.3 is 31.7 Å². The molecule has 0 radical (unpaired) electrons. The van der Waals surface area contributed by atoms with Crippen LogP contribution < -0.4 is 22.5 Å².